The van der Waals surface area contributed by atoms with Gasteiger partial charge in [-0.15, -0.1) is 12.6 Å². The fourth-order valence-corrected chi connectivity index (χ4v) is 1.45. The van der Waals surface area contributed by atoms with Crippen LogP contribution in [0.15, 0.2) is 46.4 Å². The zero-order chi connectivity index (χ0) is 9.10. The molecule has 0 atom stereocenters. The maximum Gasteiger partial charge on any atom is 0.114 e. The van der Waals surface area contributed by atoms with Crippen LogP contribution in [-0.4, -0.2) is 12.9 Å². The molecule has 1 aromatic carbocycles. The van der Waals surface area contributed by atoms with Crippen molar-refractivity contribution in [1.29, 1.82) is 0 Å². The van der Waals surface area contributed by atoms with Crippen molar-refractivity contribution in [3.63, 3.8) is 0 Å². The average molecular weight is 190 g/mol. The Morgan fingerprint density at radius 3 is 2.69 bits per heavy atom. The summed E-state index contributed by atoms with van der Waals surface area (Å²) >= 11 is 4.24. The number of rotatable bonds is 1. The van der Waals surface area contributed by atoms with Crippen molar-refractivity contribution in [2.45, 2.75) is 0 Å². The number of para-hydroxylation sites is 1. The quantitative estimate of drug-likeness (QED) is 0.672. The van der Waals surface area contributed by atoms with Crippen LogP contribution in [0.1, 0.15) is 0 Å². The Morgan fingerprint density at radius 1 is 1.23 bits per heavy atom. The third-order valence-corrected chi connectivity index (χ3v) is 2.06. The zero-order valence-electron chi connectivity index (χ0n) is 7.09. The molecule has 0 amide bonds. The van der Waals surface area contributed by atoms with Gasteiger partial charge >= 0.3 is 0 Å². The van der Waals surface area contributed by atoms with Crippen LogP contribution in [-0.2, 0) is 0 Å². The van der Waals surface area contributed by atoms with E-state index in [0.29, 0.717) is 6.67 Å². The van der Waals surface area contributed by atoms with E-state index in [0.717, 1.165) is 10.6 Å². The fraction of sp³-hybridized carbons (Fsp3) is 0.100. The SMILES string of the molecule is SC1=CN(c2ccccc2)CN=C1. The third-order valence-electron chi connectivity index (χ3n) is 1.83. The molecule has 0 aliphatic carbocycles. The topological polar surface area (TPSA) is 15.6 Å². The Hall–Kier alpha value is -1.22. The third kappa shape index (κ3) is 1.92. The van der Waals surface area contributed by atoms with E-state index in [4.69, 9.17) is 0 Å². The predicted octanol–water partition coefficient (Wildman–Crippen LogP) is 2.31. The summed E-state index contributed by atoms with van der Waals surface area (Å²) in [5.74, 6) is 0. The largest absolute Gasteiger partial charge is 0.327 e. The van der Waals surface area contributed by atoms with Gasteiger partial charge in [-0.2, -0.15) is 0 Å². The van der Waals surface area contributed by atoms with Crippen LogP contribution in [0.2, 0.25) is 0 Å². The van der Waals surface area contributed by atoms with E-state index in [9.17, 15) is 0 Å². The normalized spacial score (nSPS) is 15.8. The molecule has 1 aliphatic rings. The van der Waals surface area contributed by atoms with Gasteiger partial charge in [-0.1, -0.05) is 18.2 Å². The molecule has 0 saturated carbocycles. The van der Waals surface area contributed by atoms with E-state index in [1.54, 1.807) is 6.21 Å². The Bertz CT molecular complexity index is 343. The molecule has 0 fully saturated rings. The first kappa shape index (κ1) is 8.38. The molecule has 0 aromatic heterocycles. The van der Waals surface area contributed by atoms with Gasteiger partial charge in [0.05, 0.1) is 0 Å². The molecule has 1 aliphatic heterocycles. The van der Waals surface area contributed by atoms with Gasteiger partial charge in [-0.25, -0.2) is 0 Å². The molecule has 2 rings (SSSR count). The van der Waals surface area contributed by atoms with Gasteiger partial charge in [-0.3, -0.25) is 4.99 Å². The summed E-state index contributed by atoms with van der Waals surface area (Å²) in [5, 5.41) is 0. The molecule has 0 spiro atoms. The number of aliphatic imine (C=N–C) groups is 1. The van der Waals surface area contributed by atoms with Gasteiger partial charge < -0.3 is 4.90 Å². The van der Waals surface area contributed by atoms with Gasteiger partial charge in [0.15, 0.2) is 0 Å². The molecule has 0 N–H and O–H groups in total. The highest BCUT2D eigenvalue weighted by Gasteiger charge is 2.04. The average Bonchev–Trinajstić information content (AvgIpc) is 2.19. The van der Waals surface area contributed by atoms with Crippen LogP contribution >= 0.6 is 12.6 Å². The fourth-order valence-electron chi connectivity index (χ4n) is 1.23. The van der Waals surface area contributed by atoms with Gasteiger partial charge in [0.1, 0.15) is 6.67 Å². The highest BCUT2D eigenvalue weighted by atomic mass is 32.1. The molecular formula is C10H10N2S. The number of hydrogen-bond acceptors (Lipinski definition) is 3. The van der Waals surface area contributed by atoms with Gasteiger partial charge in [-0.05, 0) is 12.1 Å². The molecule has 0 bridgehead atoms. The number of nitrogens with zero attached hydrogens (tertiary/aromatic N) is 2. The lowest BCUT2D eigenvalue weighted by Gasteiger charge is -2.20. The molecule has 0 unspecified atom stereocenters. The number of thiol groups is 1. The summed E-state index contributed by atoms with van der Waals surface area (Å²) in [7, 11) is 0. The zero-order valence-corrected chi connectivity index (χ0v) is 7.98. The Balaban J connectivity index is 2.24. The molecule has 1 heterocycles. The van der Waals surface area contributed by atoms with Crippen LogP contribution < -0.4 is 4.90 Å². The maximum absolute atomic E-state index is 4.24. The van der Waals surface area contributed by atoms with Gasteiger partial charge in [0.2, 0.25) is 0 Å². The van der Waals surface area contributed by atoms with Crippen LogP contribution in [0.3, 0.4) is 0 Å². The van der Waals surface area contributed by atoms with E-state index in [1.165, 1.54) is 0 Å². The van der Waals surface area contributed by atoms with Crippen molar-refractivity contribution in [1.82, 2.24) is 0 Å². The molecule has 13 heavy (non-hydrogen) atoms. The van der Waals surface area contributed by atoms with Gasteiger partial charge in [0.25, 0.3) is 0 Å². The molecule has 2 nitrogen and oxygen atoms in total. The van der Waals surface area contributed by atoms with Crippen LogP contribution in [0.4, 0.5) is 5.69 Å². The van der Waals surface area contributed by atoms with E-state index >= 15 is 0 Å². The second kappa shape index (κ2) is 3.66. The lowest BCUT2D eigenvalue weighted by molar-refractivity contribution is 0.968. The summed E-state index contributed by atoms with van der Waals surface area (Å²) < 4.78 is 0. The first-order chi connectivity index (χ1) is 6.36. The lowest BCUT2D eigenvalue weighted by atomic mass is 10.3. The van der Waals surface area contributed by atoms with Crippen molar-refractivity contribution in [3.8, 4) is 0 Å². The van der Waals surface area contributed by atoms with Crippen LogP contribution in [0, 0.1) is 0 Å². The summed E-state index contributed by atoms with van der Waals surface area (Å²) in [4.78, 5) is 7.11. The molecule has 0 radical (unpaired) electrons. The summed E-state index contributed by atoms with van der Waals surface area (Å²) in [5.41, 5.74) is 1.14. The Morgan fingerprint density at radius 2 is 2.00 bits per heavy atom. The first-order valence-electron chi connectivity index (χ1n) is 4.08. The number of allylic oxidation sites excluding steroid dienone is 1. The van der Waals surface area contributed by atoms with Crippen molar-refractivity contribution in [2.75, 3.05) is 11.6 Å². The number of hydrogen-bond donors (Lipinski definition) is 1. The summed E-state index contributed by atoms with van der Waals surface area (Å²) in [6, 6.07) is 10.1. The predicted molar refractivity (Wildman–Crippen MR) is 59.3 cm³/mol. The van der Waals surface area contributed by atoms with E-state index < -0.39 is 0 Å². The second-order valence-electron chi connectivity index (χ2n) is 2.81. The van der Waals surface area contributed by atoms with E-state index in [-0.39, 0.29) is 0 Å². The minimum Gasteiger partial charge on any atom is -0.327 e. The number of benzene rings is 1. The second-order valence-corrected chi connectivity index (χ2v) is 3.33. The van der Waals surface area contributed by atoms with Crippen molar-refractivity contribution >= 4 is 24.5 Å². The van der Waals surface area contributed by atoms with Crippen LogP contribution in [0.25, 0.3) is 0 Å². The minimum atomic E-state index is 0.675. The molecule has 0 saturated heterocycles. The summed E-state index contributed by atoms with van der Waals surface area (Å²) in [6.45, 7) is 0.675. The monoisotopic (exact) mass is 190 g/mol. The molecule has 1 aromatic rings. The molecule has 3 heteroatoms. The lowest BCUT2D eigenvalue weighted by Crippen LogP contribution is -2.19. The first-order valence-corrected chi connectivity index (χ1v) is 4.53. The van der Waals surface area contributed by atoms with Gasteiger partial charge in [0, 0.05) is 23.0 Å². The van der Waals surface area contributed by atoms with Crippen molar-refractivity contribution in [3.05, 3.63) is 41.4 Å². The number of anilines is 1. The maximum atomic E-state index is 4.24. The molecular weight excluding hydrogens is 180 g/mol. The van der Waals surface area contributed by atoms with Crippen LogP contribution in [0.5, 0.6) is 0 Å². The Labute approximate surface area is 83.0 Å². The smallest absolute Gasteiger partial charge is 0.114 e. The van der Waals surface area contributed by atoms with E-state index in [1.807, 2.05) is 24.4 Å². The Kier molecular flexibility index (Phi) is 2.36. The van der Waals surface area contributed by atoms with Crippen molar-refractivity contribution in [2.24, 2.45) is 4.99 Å². The van der Waals surface area contributed by atoms with Crippen molar-refractivity contribution < 1.29 is 0 Å². The highest BCUT2D eigenvalue weighted by Crippen LogP contribution is 2.17. The van der Waals surface area contributed by atoms with E-state index in [2.05, 4.69) is 34.7 Å². The minimum absolute atomic E-state index is 0.675. The summed E-state index contributed by atoms with van der Waals surface area (Å²) in [6.07, 6.45) is 3.74. The highest BCUT2D eigenvalue weighted by molar-refractivity contribution is 7.85. The standard InChI is InChI=1S/C10H10N2S/c13-10-6-11-8-12(7-10)9-4-2-1-3-5-9/h1-7,13H,8H2. The molecule has 66 valence electrons.